The molecule has 4 aliphatic rings. The molecular weight excluding hydrogens is 1160 g/mol. The van der Waals surface area contributed by atoms with E-state index in [9.17, 15) is 0 Å². The minimum Gasteiger partial charge on any atom is -0.456 e. The summed E-state index contributed by atoms with van der Waals surface area (Å²) in [4.78, 5) is 0. The Bertz CT molecular complexity index is 4670. The lowest BCUT2D eigenvalue weighted by atomic mass is 9.62. The number of aryl methyl sites for hydroxylation is 1. The molecule has 9 aromatic carbocycles. The highest BCUT2D eigenvalue weighted by Crippen LogP contribution is 2.68. The summed E-state index contributed by atoms with van der Waals surface area (Å²) in [7, 11) is 0. The highest BCUT2D eigenvalue weighted by molar-refractivity contribution is 6.21. The van der Waals surface area contributed by atoms with E-state index in [2.05, 4.69) is 220 Å². The Balaban J connectivity index is 0.905. The van der Waals surface area contributed by atoms with Crippen LogP contribution in [0.5, 0.6) is 0 Å². The van der Waals surface area contributed by atoms with Gasteiger partial charge in [0.25, 0.3) is 0 Å². The van der Waals surface area contributed by atoms with E-state index in [1.807, 2.05) is 0 Å². The molecule has 2 heterocycles. The Kier molecular flexibility index (Phi) is 17.8. The van der Waals surface area contributed by atoms with Crippen LogP contribution in [0.1, 0.15) is 282 Å². The third-order valence-corrected chi connectivity index (χ3v) is 24.7. The molecular formula is C94H106O2. The summed E-state index contributed by atoms with van der Waals surface area (Å²) in [6.45, 7) is 21.7. The number of furan rings is 2. The summed E-state index contributed by atoms with van der Waals surface area (Å²) in [5.74, 6) is 0.255. The van der Waals surface area contributed by atoms with Gasteiger partial charge in [0.2, 0.25) is 0 Å². The van der Waals surface area contributed by atoms with E-state index in [4.69, 9.17) is 8.83 Å². The zero-order valence-electron chi connectivity index (χ0n) is 59.8. The van der Waals surface area contributed by atoms with Gasteiger partial charge in [-0.2, -0.15) is 0 Å². The number of fused-ring (bicyclic) bond motifs is 22. The first-order valence-electron chi connectivity index (χ1n) is 38.5. The lowest BCUT2D eigenvalue weighted by Gasteiger charge is -2.40. The van der Waals surface area contributed by atoms with Crippen molar-refractivity contribution in [3.63, 3.8) is 0 Å². The van der Waals surface area contributed by atoms with Crippen LogP contribution in [0.25, 0.3) is 88.4 Å². The second-order valence-corrected chi connectivity index (χ2v) is 31.6. The van der Waals surface area contributed by atoms with Crippen LogP contribution >= 0.6 is 0 Å². The molecule has 0 bridgehead atoms. The predicted octanol–water partition coefficient (Wildman–Crippen LogP) is 28.0. The van der Waals surface area contributed by atoms with Crippen LogP contribution in [0, 0.1) is 6.92 Å². The van der Waals surface area contributed by atoms with Crippen LogP contribution in [0.2, 0.25) is 0 Å². The van der Waals surface area contributed by atoms with Crippen molar-refractivity contribution in [2.75, 3.05) is 0 Å². The number of benzene rings is 9. The van der Waals surface area contributed by atoms with Crippen LogP contribution in [0.4, 0.5) is 0 Å². The fourth-order valence-electron chi connectivity index (χ4n) is 19.8. The molecule has 0 N–H and O–H groups in total. The first-order chi connectivity index (χ1) is 46.9. The summed E-state index contributed by atoms with van der Waals surface area (Å²) in [6, 6.07) is 62.6. The van der Waals surface area contributed by atoms with Crippen molar-refractivity contribution in [3.8, 4) is 44.5 Å². The number of hydrogen-bond acceptors (Lipinski definition) is 2. The molecule has 0 aliphatic heterocycles. The van der Waals surface area contributed by atoms with E-state index in [0.29, 0.717) is 0 Å². The summed E-state index contributed by atoms with van der Waals surface area (Å²) in [5, 5.41) is 5.10. The van der Waals surface area contributed by atoms with Gasteiger partial charge < -0.3 is 8.83 Å². The van der Waals surface area contributed by atoms with Gasteiger partial charge in [-0.25, -0.2) is 0 Å². The fraction of sp³-hybridized carbons (Fsp3) is 0.426. The molecule has 0 saturated heterocycles. The monoisotopic (exact) mass is 1270 g/mol. The van der Waals surface area contributed by atoms with E-state index >= 15 is 0 Å². The van der Waals surface area contributed by atoms with E-state index in [0.717, 1.165) is 35.2 Å². The highest BCUT2D eigenvalue weighted by Gasteiger charge is 2.54. The van der Waals surface area contributed by atoms with Crippen molar-refractivity contribution in [1.82, 2.24) is 0 Å². The van der Waals surface area contributed by atoms with E-state index < -0.39 is 0 Å². The molecule has 0 fully saturated rings. The number of hydrogen-bond donors (Lipinski definition) is 0. The second kappa shape index (κ2) is 26.4. The molecule has 0 saturated carbocycles. The number of unbranched alkanes of at least 4 members (excludes halogenated alkanes) is 16. The van der Waals surface area contributed by atoms with Crippen LogP contribution in [0.15, 0.2) is 167 Å². The average molecular weight is 1270 g/mol. The third kappa shape index (κ3) is 10.8. The molecule has 0 spiro atoms. The Morgan fingerprint density at radius 1 is 0.333 bits per heavy atom. The van der Waals surface area contributed by atoms with Gasteiger partial charge in [-0.05, 0) is 182 Å². The summed E-state index contributed by atoms with van der Waals surface area (Å²) >= 11 is 0. The smallest absolute Gasteiger partial charge is 0.144 e. The quantitative estimate of drug-likeness (QED) is 0.0437. The Labute approximate surface area is 575 Å². The van der Waals surface area contributed by atoms with Crippen LogP contribution < -0.4 is 0 Å². The van der Waals surface area contributed by atoms with Crippen LogP contribution in [0.3, 0.4) is 0 Å². The summed E-state index contributed by atoms with van der Waals surface area (Å²) in [5.41, 5.74) is 32.8. The minimum atomic E-state index is -0.210. The van der Waals surface area contributed by atoms with E-state index in [-0.39, 0.29) is 27.6 Å². The van der Waals surface area contributed by atoms with Crippen LogP contribution in [-0.2, 0) is 34.5 Å². The third-order valence-electron chi connectivity index (χ3n) is 24.7. The van der Waals surface area contributed by atoms with Gasteiger partial charge >= 0.3 is 0 Å². The Morgan fingerprint density at radius 2 is 0.844 bits per heavy atom. The van der Waals surface area contributed by atoms with Gasteiger partial charge in [0.1, 0.15) is 22.3 Å². The Hall–Kier alpha value is -7.42. The SMILES string of the molecule is CCCCCCCC1(CCCCCCC)c2ccccc2-c2c1c1c(c3c2oc2ccccc23)-c2ccc(CC(Cc3cccc(C)c3)c3ccc4c(c3)C(C)(C)c3cc5c(cc3-4)C(C)(C)c3ccc4oc6ccccc6c4c3-5)cc2C1(CCCCCCC)CCCCCCC. The maximum absolute atomic E-state index is 7.54. The molecule has 1 atom stereocenters. The second-order valence-electron chi connectivity index (χ2n) is 31.6. The summed E-state index contributed by atoms with van der Waals surface area (Å²) < 4.78 is 14.1. The van der Waals surface area contributed by atoms with Crippen molar-refractivity contribution < 1.29 is 8.83 Å². The molecule has 0 amide bonds. The standard InChI is InChI=1S/C94H106O2/c1-10-14-18-22-32-51-93(52-33-23-19-15-11-2)74-42-29-26-39-68(74)87-89(93)88-85(86-71-41-28-31-44-81(71)96-90(86)87)69-47-45-64(58-79(69)94(88,53-34-24-20-16-12-3)54-35-25-21-17-13-4)57-66(56-63-38-36-37-62(5)55-63)65-46-48-67-72-60-78-73(61-77(72)92(8,9)76(67)59-65)83-75(91(78,6)7)49-50-82-84(83)70-40-27-30-43-80(70)95-82/h26-31,36-50,55,58-61,66H,10-25,32-35,51-54,56-57H2,1-9H3. The lowest BCUT2D eigenvalue weighted by Crippen LogP contribution is -2.33. The normalized spacial score (nSPS) is 15.7. The van der Waals surface area contributed by atoms with Gasteiger partial charge in [-0.1, -0.05) is 317 Å². The van der Waals surface area contributed by atoms with Gasteiger partial charge in [0, 0.05) is 48.8 Å². The fourth-order valence-corrected chi connectivity index (χ4v) is 19.8. The first kappa shape index (κ1) is 64.6. The molecule has 494 valence electrons. The summed E-state index contributed by atoms with van der Waals surface area (Å²) in [6.07, 6.45) is 32.4. The van der Waals surface area contributed by atoms with Crippen molar-refractivity contribution in [2.24, 2.45) is 0 Å². The zero-order chi connectivity index (χ0) is 65.9. The minimum absolute atomic E-state index is 0.107. The molecule has 0 radical (unpaired) electrons. The molecule has 11 aromatic rings. The van der Waals surface area contributed by atoms with Crippen molar-refractivity contribution in [2.45, 2.75) is 257 Å². The van der Waals surface area contributed by atoms with Crippen LogP contribution in [-0.4, -0.2) is 0 Å². The lowest BCUT2D eigenvalue weighted by molar-refractivity contribution is 0.368. The number of para-hydroxylation sites is 2. The topological polar surface area (TPSA) is 26.3 Å². The molecule has 15 rings (SSSR count). The Morgan fingerprint density at radius 3 is 1.49 bits per heavy atom. The maximum Gasteiger partial charge on any atom is 0.144 e. The van der Waals surface area contributed by atoms with Crippen molar-refractivity contribution >= 4 is 43.9 Å². The van der Waals surface area contributed by atoms with E-state index in [1.165, 1.54) is 265 Å². The van der Waals surface area contributed by atoms with Gasteiger partial charge in [0.15, 0.2) is 0 Å². The molecule has 2 nitrogen and oxygen atoms in total. The molecule has 2 aromatic heterocycles. The van der Waals surface area contributed by atoms with Crippen molar-refractivity contribution in [1.29, 1.82) is 0 Å². The molecule has 4 aliphatic carbocycles. The first-order valence-corrected chi connectivity index (χ1v) is 38.5. The van der Waals surface area contributed by atoms with Gasteiger partial charge in [0.05, 0.1) is 0 Å². The molecule has 1 unspecified atom stereocenters. The van der Waals surface area contributed by atoms with Crippen molar-refractivity contribution in [3.05, 3.63) is 224 Å². The zero-order valence-corrected chi connectivity index (χ0v) is 59.8. The molecule has 96 heavy (non-hydrogen) atoms. The predicted molar refractivity (Wildman–Crippen MR) is 410 cm³/mol. The maximum atomic E-state index is 7.54. The average Bonchev–Trinajstić information content (AvgIpc) is 1.50. The number of rotatable bonds is 29. The van der Waals surface area contributed by atoms with Gasteiger partial charge in [-0.3, -0.25) is 0 Å². The largest absolute Gasteiger partial charge is 0.456 e. The van der Waals surface area contributed by atoms with Gasteiger partial charge in [-0.15, -0.1) is 0 Å². The molecule has 2 heteroatoms. The highest BCUT2D eigenvalue weighted by atomic mass is 16.3. The van der Waals surface area contributed by atoms with E-state index in [1.54, 1.807) is 22.3 Å².